The van der Waals surface area contributed by atoms with Crippen molar-refractivity contribution in [3.63, 3.8) is 0 Å². The van der Waals surface area contributed by atoms with E-state index >= 15 is 0 Å². The number of nitrogens with one attached hydrogen (secondary N) is 1. The number of rotatable bonds is 7. The number of benzene rings is 1. The molecule has 5 heteroatoms. The Morgan fingerprint density at radius 1 is 1.30 bits per heavy atom. The van der Waals surface area contributed by atoms with Crippen molar-refractivity contribution in [2.45, 2.75) is 13.3 Å². The molecule has 0 saturated heterocycles. The molecule has 0 radical (unpaired) electrons. The first-order chi connectivity index (χ1) is 9.49. The van der Waals surface area contributed by atoms with Crippen molar-refractivity contribution in [3.8, 4) is 0 Å². The second-order valence-corrected chi connectivity index (χ2v) is 5.09. The maximum absolute atomic E-state index is 12.0. The number of anilines is 2. The van der Waals surface area contributed by atoms with Gasteiger partial charge in [-0.1, -0.05) is 0 Å². The van der Waals surface area contributed by atoms with E-state index in [1.807, 2.05) is 6.07 Å². The number of carbonyl (C=O) groups excluding carboxylic acids is 1. The summed E-state index contributed by atoms with van der Waals surface area (Å²) in [7, 11) is 5.77. The van der Waals surface area contributed by atoms with Gasteiger partial charge in [0.2, 0.25) is 0 Å². The molecule has 0 bridgehead atoms. The number of nitrogens with zero attached hydrogens (tertiary/aromatic N) is 2. The van der Waals surface area contributed by atoms with E-state index in [9.17, 15) is 4.79 Å². The van der Waals surface area contributed by atoms with Gasteiger partial charge in [0.15, 0.2) is 0 Å². The lowest BCUT2D eigenvalue weighted by molar-refractivity contribution is 0.0963. The predicted octanol–water partition coefficient (Wildman–Crippen LogP) is 1.41. The van der Waals surface area contributed by atoms with E-state index < -0.39 is 0 Å². The minimum atomic E-state index is -0.0777. The van der Waals surface area contributed by atoms with Gasteiger partial charge in [-0.25, -0.2) is 0 Å². The van der Waals surface area contributed by atoms with Gasteiger partial charge in [0.05, 0.1) is 11.3 Å². The van der Waals surface area contributed by atoms with Crippen molar-refractivity contribution in [2.75, 3.05) is 51.4 Å². The maximum Gasteiger partial charge on any atom is 0.253 e. The normalized spacial score (nSPS) is 10.7. The number of carbonyl (C=O) groups is 1. The molecule has 3 N–H and O–H groups in total. The summed E-state index contributed by atoms with van der Waals surface area (Å²) < 4.78 is 0. The summed E-state index contributed by atoms with van der Waals surface area (Å²) in [6.07, 6.45) is 1.04. The van der Waals surface area contributed by atoms with Gasteiger partial charge < -0.3 is 20.9 Å². The van der Waals surface area contributed by atoms with Crippen molar-refractivity contribution < 1.29 is 4.79 Å². The summed E-state index contributed by atoms with van der Waals surface area (Å²) in [6.45, 7) is 4.86. The number of nitrogen functional groups attached to an aromatic ring is 1. The van der Waals surface area contributed by atoms with E-state index in [1.165, 1.54) is 0 Å². The van der Waals surface area contributed by atoms with Crippen LogP contribution in [0, 0.1) is 0 Å². The largest absolute Gasteiger partial charge is 0.399 e. The number of nitrogens with two attached hydrogens (primary N) is 1. The maximum atomic E-state index is 12.0. The van der Waals surface area contributed by atoms with E-state index in [0.717, 1.165) is 31.7 Å². The van der Waals surface area contributed by atoms with Crippen molar-refractivity contribution in [1.82, 2.24) is 10.2 Å². The van der Waals surface area contributed by atoms with Crippen molar-refractivity contribution in [3.05, 3.63) is 23.8 Å². The Morgan fingerprint density at radius 2 is 2.00 bits per heavy atom. The standard InChI is InChI=1S/C15H26N4O/c1-5-19(10-6-9-18(3)4)14-11-12(16)7-8-13(14)15(20)17-2/h7-8,11H,5-6,9-10,16H2,1-4H3,(H,17,20). The third kappa shape index (κ3) is 4.42. The van der Waals surface area contributed by atoms with Gasteiger partial charge >= 0.3 is 0 Å². The fraction of sp³-hybridized carbons (Fsp3) is 0.533. The molecule has 5 nitrogen and oxygen atoms in total. The molecule has 0 aromatic heterocycles. The highest BCUT2D eigenvalue weighted by Gasteiger charge is 2.15. The zero-order chi connectivity index (χ0) is 15.1. The first-order valence-corrected chi connectivity index (χ1v) is 7.00. The van der Waals surface area contributed by atoms with Gasteiger partial charge in [0.25, 0.3) is 5.91 Å². The molecule has 0 atom stereocenters. The second kappa shape index (κ2) is 7.75. The minimum Gasteiger partial charge on any atom is -0.399 e. The van der Waals surface area contributed by atoms with Gasteiger partial charge in [0.1, 0.15) is 0 Å². The Hall–Kier alpha value is -1.75. The lowest BCUT2D eigenvalue weighted by Gasteiger charge is -2.26. The Kier molecular flexibility index (Phi) is 6.31. The fourth-order valence-corrected chi connectivity index (χ4v) is 2.16. The lowest BCUT2D eigenvalue weighted by Crippen LogP contribution is -2.30. The monoisotopic (exact) mass is 278 g/mol. The summed E-state index contributed by atoms with van der Waals surface area (Å²) in [5, 5.41) is 2.68. The van der Waals surface area contributed by atoms with E-state index in [-0.39, 0.29) is 5.91 Å². The highest BCUT2D eigenvalue weighted by atomic mass is 16.1. The fourth-order valence-electron chi connectivity index (χ4n) is 2.16. The third-order valence-corrected chi connectivity index (χ3v) is 3.25. The van der Waals surface area contributed by atoms with Crippen LogP contribution in [0.1, 0.15) is 23.7 Å². The first-order valence-electron chi connectivity index (χ1n) is 7.00. The Morgan fingerprint density at radius 3 is 2.55 bits per heavy atom. The summed E-state index contributed by atoms with van der Waals surface area (Å²) in [5.41, 5.74) is 8.13. The molecule has 0 fully saturated rings. The summed E-state index contributed by atoms with van der Waals surface area (Å²) in [6, 6.07) is 5.43. The van der Waals surface area contributed by atoms with Crippen LogP contribution in [-0.2, 0) is 0 Å². The summed E-state index contributed by atoms with van der Waals surface area (Å²) >= 11 is 0. The molecule has 0 unspecified atom stereocenters. The van der Waals surface area contributed by atoms with Crippen LogP contribution in [0.15, 0.2) is 18.2 Å². The molecule has 112 valence electrons. The van der Waals surface area contributed by atoms with E-state index in [1.54, 1.807) is 19.2 Å². The Bertz CT molecular complexity index is 445. The smallest absolute Gasteiger partial charge is 0.253 e. The predicted molar refractivity (Wildman–Crippen MR) is 85.3 cm³/mol. The molecule has 0 aliphatic heterocycles. The highest BCUT2D eigenvalue weighted by Crippen LogP contribution is 2.24. The molecule has 20 heavy (non-hydrogen) atoms. The molecule has 0 aliphatic carbocycles. The van der Waals surface area contributed by atoms with Crippen LogP contribution in [0.3, 0.4) is 0 Å². The lowest BCUT2D eigenvalue weighted by atomic mass is 10.1. The zero-order valence-corrected chi connectivity index (χ0v) is 12.9. The van der Waals surface area contributed by atoms with Crippen molar-refractivity contribution in [1.29, 1.82) is 0 Å². The highest BCUT2D eigenvalue weighted by molar-refractivity contribution is 6.00. The van der Waals surface area contributed by atoms with Gasteiger partial charge in [0, 0.05) is 25.8 Å². The van der Waals surface area contributed by atoms with Gasteiger partial charge in [-0.3, -0.25) is 4.79 Å². The van der Waals surface area contributed by atoms with E-state index in [2.05, 4.69) is 36.1 Å². The van der Waals surface area contributed by atoms with Crippen LogP contribution in [0.25, 0.3) is 0 Å². The number of hydrogen-bond donors (Lipinski definition) is 2. The molecule has 0 saturated carbocycles. The molecule has 0 aliphatic rings. The quantitative estimate of drug-likeness (QED) is 0.740. The van der Waals surface area contributed by atoms with Gasteiger partial charge in [-0.2, -0.15) is 0 Å². The van der Waals surface area contributed by atoms with E-state index in [0.29, 0.717) is 11.3 Å². The van der Waals surface area contributed by atoms with Crippen LogP contribution in [-0.4, -0.2) is 51.6 Å². The summed E-state index contributed by atoms with van der Waals surface area (Å²) in [5.74, 6) is -0.0777. The Balaban J connectivity index is 2.94. The minimum absolute atomic E-state index is 0.0777. The average Bonchev–Trinajstić information content (AvgIpc) is 2.42. The molecule has 1 aromatic rings. The van der Waals surface area contributed by atoms with Crippen LogP contribution in [0.4, 0.5) is 11.4 Å². The zero-order valence-electron chi connectivity index (χ0n) is 12.9. The van der Waals surface area contributed by atoms with Gasteiger partial charge in [-0.15, -0.1) is 0 Å². The second-order valence-electron chi connectivity index (χ2n) is 5.09. The molecule has 1 rings (SSSR count). The molecular weight excluding hydrogens is 252 g/mol. The SMILES string of the molecule is CCN(CCCN(C)C)c1cc(N)ccc1C(=O)NC. The van der Waals surface area contributed by atoms with E-state index in [4.69, 9.17) is 5.73 Å². The topological polar surface area (TPSA) is 61.6 Å². The molecule has 1 aromatic carbocycles. The van der Waals surface area contributed by atoms with Crippen molar-refractivity contribution in [2.24, 2.45) is 0 Å². The van der Waals surface area contributed by atoms with Crippen molar-refractivity contribution >= 4 is 17.3 Å². The number of amides is 1. The molecular formula is C15H26N4O. The van der Waals surface area contributed by atoms with Gasteiger partial charge in [-0.05, 0) is 52.2 Å². The van der Waals surface area contributed by atoms with Crippen LogP contribution >= 0.6 is 0 Å². The van der Waals surface area contributed by atoms with Crippen LogP contribution < -0.4 is 16.0 Å². The molecule has 1 amide bonds. The number of hydrogen-bond acceptors (Lipinski definition) is 4. The summed E-state index contributed by atoms with van der Waals surface area (Å²) in [4.78, 5) is 16.3. The molecule has 0 heterocycles. The third-order valence-electron chi connectivity index (χ3n) is 3.25. The Labute approximate surface area is 121 Å². The molecule has 0 spiro atoms. The van der Waals surface area contributed by atoms with Crippen LogP contribution in [0.5, 0.6) is 0 Å². The first kappa shape index (κ1) is 16.3. The average molecular weight is 278 g/mol. The van der Waals surface area contributed by atoms with Crippen LogP contribution in [0.2, 0.25) is 0 Å².